The summed E-state index contributed by atoms with van der Waals surface area (Å²) in [5.41, 5.74) is 6.46. The van der Waals surface area contributed by atoms with E-state index in [2.05, 4.69) is 0 Å². The van der Waals surface area contributed by atoms with Crippen LogP contribution in [-0.2, 0) is 20.7 Å². The molecule has 1 heterocycles. The molecule has 1 aromatic carbocycles. The molecule has 1 aliphatic rings. The Morgan fingerprint density at radius 2 is 1.79 bits per heavy atom. The van der Waals surface area contributed by atoms with Crippen LogP contribution in [0.3, 0.4) is 0 Å². The number of likely N-dealkylation sites (tertiary alicyclic amines) is 1. The van der Waals surface area contributed by atoms with Gasteiger partial charge in [0.2, 0.25) is 0 Å². The van der Waals surface area contributed by atoms with E-state index in [1.165, 1.54) is 0 Å². The SMILES string of the molecule is CC(C)(C)OC(=O)[C@H](Cc1cccc(N)c1)[C@@H]1CCN(C(=O)OC(C)(C)C)C1. The molecule has 2 atom stereocenters. The molecule has 1 saturated heterocycles. The Hall–Kier alpha value is -2.24. The average molecular weight is 391 g/mol. The molecule has 0 bridgehead atoms. The Morgan fingerprint density at radius 3 is 2.36 bits per heavy atom. The largest absolute Gasteiger partial charge is 0.460 e. The van der Waals surface area contributed by atoms with Crippen LogP contribution < -0.4 is 5.73 Å². The lowest BCUT2D eigenvalue weighted by molar-refractivity contribution is -0.161. The van der Waals surface area contributed by atoms with Gasteiger partial charge in [-0.2, -0.15) is 0 Å². The van der Waals surface area contributed by atoms with Crippen molar-refractivity contribution >= 4 is 17.7 Å². The van der Waals surface area contributed by atoms with Crippen LogP contribution in [0.2, 0.25) is 0 Å². The summed E-state index contributed by atoms with van der Waals surface area (Å²) in [6.07, 6.45) is 0.944. The highest BCUT2D eigenvalue weighted by Gasteiger charge is 2.39. The first-order chi connectivity index (χ1) is 12.8. The molecular weight excluding hydrogens is 356 g/mol. The van der Waals surface area contributed by atoms with Gasteiger partial charge in [0.25, 0.3) is 0 Å². The monoisotopic (exact) mass is 390 g/mol. The molecule has 0 aliphatic carbocycles. The fourth-order valence-corrected chi connectivity index (χ4v) is 3.40. The molecule has 0 spiro atoms. The van der Waals surface area contributed by atoms with Crippen molar-refractivity contribution in [2.75, 3.05) is 18.8 Å². The molecule has 1 amide bonds. The fourth-order valence-electron chi connectivity index (χ4n) is 3.40. The molecular formula is C22H34N2O4. The summed E-state index contributed by atoms with van der Waals surface area (Å²) in [6.45, 7) is 12.2. The number of carbonyl (C=O) groups excluding carboxylic acids is 2. The van der Waals surface area contributed by atoms with E-state index in [1.807, 2.05) is 65.8 Å². The first-order valence-corrected chi connectivity index (χ1v) is 9.89. The van der Waals surface area contributed by atoms with Gasteiger partial charge >= 0.3 is 12.1 Å². The minimum absolute atomic E-state index is 0.0174. The Labute approximate surface area is 168 Å². The lowest BCUT2D eigenvalue weighted by atomic mass is 9.86. The highest BCUT2D eigenvalue weighted by molar-refractivity contribution is 5.74. The third kappa shape index (κ3) is 6.73. The van der Waals surface area contributed by atoms with Crippen LogP contribution in [0.1, 0.15) is 53.5 Å². The van der Waals surface area contributed by atoms with Crippen molar-refractivity contribution in [1.29, 1.82) is 0 Å². The number of carbonyl (C=O) groups is 2. The lowest BCUT2D eigenvalue weighted by Gasteiger charge is -2.28. The Balaban J connectivity index is 2.15. The molecule has 0 radical (unpaired) electrons. The number of nitrogen functional groups attached to an aromatic ring is 1. The van der Waals surface area contributed by atoms with Crippen molar-refractivity contribution in [2.45, 2.75) is 65.6 Å². The molecule has 156 valence electrons. The number of nitrogens with two attached hydrogens (primary N) is 1. The molecule has 0 unspecified atom stereocenters. The van der Waals surface area contributed by atoms with E-state index in [4.69, 9.17) is 15.2 Å². The van der Waals surface area contributed by atoms with Gasteiger partial charge < -0.3 is 20.1 Å². The van der Waals surface area contributed by atoms with E-state index in [9.17, 15) is 9.59 Å². The van der Waals surface area contributed by atoms with Gasteiger partial charge in [-0.15, -0.1) is 0 Å². The summed E-state index contributed by atoms with van der Waals surface area (Å²) in [5, 5.41) is 0. The first kappa shape index (κ1) is 22.1. The smallest absolute Gasteiger partial charge is 0.410 e. The lowest BCUT2D eigenvalue weighted by Crippen LogP contribution is -2.38. The maximum Gasteiger partial charge on any atom is 0.410 e. The van der Waals surface area contributed by atoms with E-state index in [1.54, 1.807) is 4.90 Å². The Morgan fingerprint density at radius 1 is 1.14 bits per heavy atom. The fraction of sp³-hybridized carbons (Fsp3) is 0.636. The summed E-state index contributed by atoms with van der Waals surface area (Å²) in [6, 6.07) is 7.57. The number of hydrogen-bond acceptors (Lipinski definition) is 5. The average Bonchev–Trinajstić information content (AvgIpc) is 2.99. The normalized spacial score (nSPS) is 18.6. The molecule has 1 fully saturated rings. The number of benzene rings is 1. The minimum Gasteiger partial charge on any atom is -0.460 e. The molecule has 1 aliphatic heterocycles. The van der Waals surface area contributed by atoms with Crippen LogP contribution in [0.15, 0.2) is 24.3 Å². The number of rotatable bonds is 4. The molecule has 6 heteroatoms. The van der Waals surface area contributed by atoms with Gasteiger partial charge in [0.1, 0.15) is 11.2 Å². The number of ether oxygens (including phenoxy) is 2. The quantitative estimate of drug-likeness (QED) is 0.620. The van der Waals surface area contributed by atoms with Crippen molar-refractivity contribution in [1.82, 2.24) is 4.90 Å². The summed E-state index contributed by atoms with van der Waals surface area (Å²) < 4.78 is 11.2. The zero-order valence-corrected chi connectivity index (χ0v) is 18.0. The summed E-state index contributed by atoms with van der Waals surface area (Å²) in [7, 11) is 0. The molecule has 2 N–H and O–H groups in total. The van der Waals surface area contributed by atoms with Gasteiger partial charge in [0, 0.05) is 18.8 Å². The molecule has 2 rings (SSSR count). The number of nitrogens with zero attached hydrogens (tertiary/aromatic N) is 1. The number of esters is 1. The topological polar surface area (TPSA) is 81.9 Å². The van der Waals surface area contributed by atoms with E-state index >= 15 is 0 Å². The van der Waals surface area contributed by atoms with Crippen molar-refractivity contribution in [3.63, 3.8) is 0 Å². The summed E-state index contributed by atoms with van der Waals surface area (Å²) >= 11 is 0. The van der Waals surface area contributed by atoms with E-state index in [0.717, 1.165) is 12.0 Å². The number of anilines is 1. The van der Waals surface area contributed by atoms with Crippen LogP contribution in [-0.4, -0.2) is 41.3 Å². The molecule has 28 heavy (non-hydrogen) atoms. The predicted molar refractivity (Wildman–Crippen MR) is 110 cm³/mol. The third-order valence-corrected chi connectivity index (χ3v) is 4.56. The van der Waals surface area contributed by atoms with Gasteiger partial charge in [0.05, 0.1) is 5.92 Å². The second-order valence-electron chi connectivity index (χ2n) is 9.56. The van der Waals surface area contributed by atoms with Gasteiger partial charge in [-0.05, 0) is 78.0 Å². The van der Waals surface area contributed by atoms with E-state index in [0.29, 0.717) is 25.2 Å². The molecule has 0 aromatic heterocycles. The zero-order chi connectivity index (χ0) is 21.1. The minimum atomic E-state index is -0.561. The van der Waals surface area contributed by atoms with Crippen LogP contribution in [0.4, 0.5) is 10.5 Å². The van der Waals surface area contributed by atoms with Crippen LogP contribution in [0.25, 0.3) is 0 Å². The Kier molecular flexibility index (Phi) is 6.63. The van der Waals surface area contributed by atoms with Gasteiger partial charge in [-0.3, -0.25) is 4.79 Å². The standard InChI is InChI=1S/C22H34N2O4/c1-21(2,3)27-19(25)18(13-15-8-7-9-17(23)12-15)16-10-11-24(14-16)20(26)28-22(4,5)6/h7-9,12,16,18H,10-11,13-14,23H2,1-6H3/t16-,18-/m1/s1. The predicted octanol–water partition coefficient (Wildman–Crippen LogP) is 4.03. The summed E-state index contributed by atoms with van der Waals surface area (Å²) in [5.74, 6) is -0.553. The molecule has 1 aromatic rings. The van der Waals surface area contributed by atoms with Crippen molar-refractivity contribution in [3.05, 3.63) is 29.8 Å². The van der Waals surface area contributed by atoms with Gasteiger partial charge in [0.15, 0.2) is 0 Å². The molecule has 6 nitrogen and oxygen atoms in total. The van der Waals surface area contributed by atoms with Gasteiger partial charge in [-0.25, -0.2) is 4.79 Å². The Bertz CT molecular complexity index is 703. The maximum absolute atomic E-state index is 13.0. The van der Waals surface area contributed by atoms with Crippen molar-refractivity contribution < 1.29 is 19.1 Å². The van der Waals surface area contributed by atoms with E-state index in [-0.39, 0.29) is 23.9 Å². The first-order valence-electron chi connectivity index (χ1n) is 9.89. The van der Waals surface area contributed by atoms with Crippen LogP contribution in [0, 0.1) is 11.8 Å². The summed E-state index contributed by atoms with van der Waals surface area (Å²) in [4.78, 5) is 27.0. The zero-order valence-electron chi connectivity index (χ0n) is 18.0. The van der Waals surface area contributed by atoms with Crippen LogP contribution in [0.5, 0.6) is 0 Å². The molecule has 0 saturated carbocycles. The maximum atomic E-state index is 13.0. The number of amides is 1. The second-order valence-corrected chi connectivity index (χ2v) is 9.56. The highest BCUT2D eigenvalue weighted by Crippen LogP contribution is 2.30. The number of hydrogen-bond donors (Lipinski definition) is 1. The van der Waals surface area contributed by atoms with Crippen molar-refractivity contribution in [2.24, 2.45) is 11.8 Å². The van der Waals surface area contributed by atoms with Crippen molar-refractivity contribution in [3.8, 4) is 0 Å². The third-order valence-electron chi connectivity index (χ3n) is 4.56. The van der Waals surface area contributed by atoms with E-state index < -0.39 is 11.2 Å². The van der Waals surface area contributed by atoms with Gasteiger partial charge in [-0.1, -0.05) is 12.1 Å². The second kappa shape index (κ2) is 8.41. The highest BCUT2D eigenvalue weighted by atomic mass is 16.6. The van der Waals surface area contributed by atoms with Crippen LogP contribution >= 0.6 is 0 Å².